The molecule has 0 spiro atoms. The molecule has 8 nitrogen and oxygen atoms in total. The van der Waals surface area contributed by atoms with Crippen molar-refractivity contribution in [3.63, 3.8) is 0 Å². The Bertz CT molecular complexity index is 4120. The first kappa shape index (κ1) is 38.7. The van der Waals surface area contributed by atoms with E-state index in [1.165, 1.54) is 0 Å². The molecule has 8 aromatic carbocycles. The summed E-state index contributed by atoms with van der Waals surface area (Å²) in [5.41, 5.74) is 15.5. The number of para-hydroxylation sites is 4. The minimum absolute atomic E-state index is 0.535. The second kappa shape index (κ2) is 15.5. The molecule has 0 aliphatic rings. The molecule has 0 aliphatic carbocycles. The fraction of sp³-hybridized carbons (Fsp3) is 0. The van der Waals surface area contributed by atoms with E-state index in [1.54, 1.807) is 12.4 Å². The summed E-state index contributed by atoms with van der Waals surface area (Å²) < 4.78 is 19.6. The van der Waals surface area contributed by atoms with Gasteiger partial charge in [0, 0.05) is 96.0 Å². The maximum atomic E-state index is 6.99. The number of rotatable bonds is 7. The van der Waals surface area contributed by atoms with E-state index in [-0.39, 0.29) is 0 Å². The summed E-state index contributed by atoms with van der Waals surface area (Å²) in [6, 6.07) is 64.2. The average Bonchev–Trinajstić information content (AvgIpc) is 4.12. The smallest absolute Gasteiger partial charge is 0.164 e. The SMILES string of the molecule is c1cncc(-c2cc(-c3cccnc3)cc(-c3cccc4c3oc3c(-c5ccc(-c6nc(-c7ccc8c(c7)oc7ccccc78)nc(-c7ccc8c(c7)oc7ccccc78)n6)cc5)cccc34)c2)c1. The quantitative estimate of drug-likeness (QED) is 0.156. The first-order valence-electron chi connectivity index (χ1n) is 22.8. The maximum absolute atomic E-state index is 6.99. The van der Waals surface area contributed by atoms with Gasteiger partial charge in [-0.1, -0.05) is 121 Å². The Morgan fingerprint density at radius 2 is 0.696 bits per heavy atom. The van der Waals surface area contributed by atoms with E-state index in [4.69, 9.17) is 28.2 Å². The molecule has 0 fully saturated rings. The average molecular weight is 886 g/mol. The highest BCUT2D eigenvalue weighted by Crippen LogP contribution is 2.42. The first-order chi connectivity index (χ1) is 34.1. The number of aromatic nitrogens is 5. The van der Waals surface area contributed by atoms with E-state index >= 15 is 0 Å². The zero-order valence-corrected chi connectivity index (χ0v) is 36.7. The molecule has 14 rings (SSSR count). The Hall–Kier alpha value is -9.53. The monoisotopic (exact) mass is 885 g/mol. The Labute approximate surface area is 393 Å². The molecule has 0 saturated heterocycles. The molecular formula is C61H35N5O3. The van der Waals surface area contributed by atoms with E-state index in [0.717, 1.165) is 127 Å². The second-order valence-electron chi connectivity index (χ2n) is 17.3. The van der Waals surface area contributed by atoms with Crippen molar-refractivity contribution in [3.05, 3.63) is 213 Å². The van der Waals surface area contributed by atoms with Crippen molar-refractivity contribution in [2.75, 3.05) is 0 Å². The summed E-state index contributed by atoms with van der Waals surface area (Å²) in [6.45, 7) is 0. The summed E-state index contributed by atoms with van der Waals surface area (Å²) >= 11 is 0. The zero-order valence-electron chi connectivity index (χ0n) is 36.7. The molecule has 69 heavy (non-hydrogen) atoms. The van der Waals surface area contributed by atoms with Crippen molar-refractivity contribution in [1.82, 2.24) is 24.9 Å². The second-order valence-corrected chi connectivity index (χ2v) is 17.3. The Morgan fingerprint density at radius 3 is 1.22 bits per heavy atom. The number of pyridine rings is 2. The normalized spacial score (nSPS) is 11.8. The number of furan rings is 3. The molecule has 6 aromatic heterocycles. The Kier molecular flexibility index (Phi) is 8.72. The van der Waals surface area contributed by atoms with Crippen molar-refractivity contribution in [1.29, 1.82) is 0 Å². The van der Waals surface area contributed by atoms with Gasteiger partial charge in [0.1, 0.15) is 33.5 Å². The van der Waals surface area contributed by atoms with Crippen LogP contribution in [-0.4, -0.2) is 24.9 Å². The van der Waals surface area contributed by atoms with Crippen LogP contribution in [0.5, 0.6) is 0 Å². The molecule has 0 amide bonds. The van der Waals surface area contributed by atoms with Gasteiger partial charge in [0.15, 0.2) is 17.5 Å². The van der Waals surface area contributed by atoms with Crippen molar-refractivity contribution < 1.29 is 13.3 Å². The van der Waals surface area contributed by atoms with Gasteiger partial charge < -0.3 is 13.3 Å². The van der Waals surface area contributed by atoms with Gasteiger partial charge in [-0.2, -0.15) is 0 Å². The summed E-state index contributed by atoms with van der Waals surface area (Å²) in [7, 11) is 0. The largest absolute Gasteiger partial charge is 0.456 e. The van der Waals surface area contributed by atoms with Crippen LogP contribution in [0, 0.1) is 0 Å². The molecule has 0 atom stereocenters. The highest BCUT2D eigenvalue weighted by Gasteiger charge is 2.20. The minimum atomic E-state index is 0.535. The van der Waals surface area contributed by atoms with Gasteiger partial charge >= 0.3 is 0 Å². The molecular weight excluding hydrogens is 851 g/mol. The molecule has 0 radical (unpaired) electrons. The molecule has 6 heterocycles. The number of benzene rings is 8. The van der Waals surface area contributed by atoms with Crippen LogP contribution in [0.4, 0.5) is 0 Å². The molecule has 322 valence electrons. The molecule has 0 bridgehead atoms. The highest BCUT2D eigenvalue weighted by molar-refractivity contribution is 6.13. The van der Waals surface area contributed by atoms with Crippen LogP contribution in [-0.2, 0) is 0 Å². The highest BCUT2D eigenvalue weighted by atomic mass is 16.3. The van der Waals surface area contributed by atoms with Gasteiger partial charge in [0.05, 0.1) is 0 Å². The lowest BCUT2D eigenvalue weighted by Gasteiger charge is -2.11. The van der Waals surface area contributed by atoms with Gasteiger partial charge in [-0.3, -0.25) is 9.97 Å². The summed E-state index contributed by atoms with van der Waals surface area (Å²) in [5.74, 6) is 1.61. The Morgan fingerprint density at radius 1 is 0.261 bits per heavy atom. The minimum Gasteiger partial charge on any atom is -0.456 e. The van der Waals surface area contributed by atoms with E-state index in [9.17, 15) is 0 Å². The van der Waals surface area contributed by atoms with Crippen LogP contribution in [0.3, 0.4) is 0 Å². The van der Waals surface area contributed by atoms with Gasteiger partial charge in [0.2, 0.25) is 0 Å². The molecule has 8 heteroatoms. The van der Waals surface area contributed by atoms with E-state index < -0.39 is 0 Å². The van der Waals surface area contributed by atoms with Gasteiger partial charge in [0.25, 0.3) is 0 Å². The lowest BCUT2D eigenvalue weighted by molar-refractivity contribution is 0.668. The number of hydrogen-bond acceptors (Lipinski definition) is 8. The summed E-state index contributed by atoms with van der Waals surface area (Å²) in [5, 5.41) is 6.29. The van der Waals surface area contributed by atoms with E-state index in [0.29, 0.717) is 17.5 Å². The maximum Gasteiger partial charge on any atom is 0.164 e. The number of nitrogens with zero attached hydrogens (tertiary/aromatic N) is 5. The van der Waals surface area contributed by atoms with Gasteiger partial charge in [-0.15, -0.1) is 0 Å². The third-order valence-electron chi connectivity index (χ3n) is 13.1. The molecule has 14 aromatic rings. The predicted molar refractivity (Wildman–Crippen MR) is 275 cm³/mol. The molecule has 0 unspecified atom stereocenters. The van der Waals surface area contributed by atoms with Crippen LogP contribution >= 0.6 is 0 Å². The molecule has 0 saturated carbocycles. The molecule has 0 N–H and O–H groups in total. The zero-order chi connectivity index (χ0) is 45.4. The molecule has 0 aliphatic heterocycles. The van der Waals surface area contributed by atoms with Crippen LogP contribution in [0.2, 0.25) is 0 Å². The fourth-order valence-corrected chi connectivity index (χ4v) is 9.75. The predicted octanol–water partition coefficient (Wildman–Crippen LogP) is 16.0. The number of fused-ring (bicyclic) bond motifs is 9. The van der Waals surface area contributed by atoms with Crippen molar-refractivity contribution in [2.45, 2.75) is 0 Å². The van der Waals surface area contributed by atoms with E-state index in [2.05, 4.69) is 137 Å². The van der Waals surface area contributed by atoms with Crippen molar-refractivity contribution >= 4 is 65.8 Å². The van der Waals surface area contributed by atoms with Crippen LogP contribution in [0.25, 0.3) is 144 Å². The lowest BCUT2D eigenvalue weighted by atomic mass is 9.93. The standard InChI is InChI=1S/C61H35N5O3/c1-3-17-53-47(11-1)49-25-23-38(32-55(49)67-53)60-64-59(65-61(66-60)39-24-26-50-48-12-2-4-18-54(48)68-56(50)33-39)37-21-19-36(20-22-37)45-13-5-15-51-52-16-6-14-46(58(52)69-57(45)51)44-30-42(40-9-7-27-62-34-40)29-43(31-44)41-10-8-28-63-35-41/h1-35H. The summed E-state index contributed by atoms with van der Waals surface area (Å²) in [4.78, 5) is 24.2. The third kappa shape index (κ3) is 6.57. The summed E-state index contributed by atoms with van der Waals surface area (Å²) in [6.07, 6.45) is 7.39. The fourth-order valence-electron chi connectivity index (χ4n) is 9.75. The van der Waals surface area contributed by atoms with Crippen LogP contribution < -0.4 is 0 Å². The Balaban J connectivity index is 0.875. The number of hydrogen-bond donors (Lipinski definition) is 0. The van der Waals surface area contributed by atoms with Crippen LogP contribution in [0.15, 0.2) is 226 Å². The van der Waals surface area contributed by atoms with Crippen molar-refractivity contribution in [2.24, 2.45) is 0 Å². The van der Waals surface area contributed by atoms with E-state index in [1.807, 2.05) is 73.1 Å². The van der Waals surface area contributed by atoms with Gasteiger partial charge in [-0.05, 0) is 89.0 Å². The first-order valence-corrected chi connectivity index (χ1v) is 22.8. The lowest BCUT2D eigenvalue weighted by Crippen LogP contribution is -2.00. The van der Waals surface area contributed by atoms with Crippen molar-refractivity contribution in [3.8, 4) is 78.7 Å². The van der Waals surface area contributed by atoms with Crippen LogP contribution in [0.1, 0.15) is 0 Å². The third-order valence-corrected chi connectivity index (χ3v) is 13.1. The van der Waals surface area contributed by atoms with Gasteiger partial charge in [-0.25, -0.2) is 15.0 Å². The topological polar surface area (TPSA) is 104 Å².